The van der Waals surface area contributed by atoms with Crippen molar-refractivity contribution in [1.82, 2.24) is 4.90 Å². The molecule has 1 aromatic carbocycles. The van der Waals surface area contributed by atoms with Crippen LogP contribution in [0.4, 0.5) is 10.5 Å². The molecule has 0 fully saturated rings. The SMILES string of the molecule is CCCCN(CCC(=O)OC)C(=O)Nc1ccccc1OC. The summed E-state index contributed by atoms with van der Waals surface area (Å²) in [5, 5.41) is 2.82. The van der Waals surface area contributed by atoms with Crippen molar-refractivity contribution in [3.8, 4) is 5.75 Å². The molecule has 0 unspecified atom stereocenters. The summed E-state index contributed by atoms with van der Waals surface area (Å²) in [4.78, 5) is 25.3. The number of urea groups is 1. The number of ether oxygens (including phenoxy) is 2. The quantitative estimate of drug-likeness (QED) is 0.750. The molecule has 1 rings (SSSR count). The highest BCUT2D eigenvalue weighted by atomic mass is 16.5. The number of esters is 1. The molecule has 6 heteroatoms. The Kier molecular flexibility index (Phi) is 7.81. The third-order valence-corrected chi connectivity index (χ3v) is 3.23. The molecule has 0 saturated heterocycles. The summed E-state index contributed by atoms with van der Waals surface area (Å²) >= 11 is 0. The first-order valence-corrected chi connectivity index (χ1v) is 7.38. The monoisotopic (exact) mass is 308 g/mol. The molecule has 0 aliphatic heterocycles. The van der Waals surface area contributed by atoms with Gasteiger partial charge in [-0.25, -0.2) is 4.79 Å². The fraction of sp³-hybridized carbons (Fsp3) is 0.500. The van der Waals surface area contributed by atoms with Crippen LogP contribution in [0.5, 0.6) is 5.75 Å². The molecule has 0 radical (unpaired) electrons. The predicted octanol–water partition coefficient (Wildman–Crippen LogP) is 2.89. The van der Waals surface area contributed by atoms with Crippen LogP contribution in [-0.4, -0.2) is 44.2 Å². The van der Waals surface area contributed by atoms with Crippen molar-refractivity contribution in [3.05, 3.63) is 24.3 Å². The van der Waals surface area contributed by atoms with Gasteiger partial charge in [0.2, 0.25) is 0 Å². The summed E-state index contributed by atoms with van der Waals surface area (Å²) in [5.41, 5.74) is 0.606. The molecule has 0 aliphatic carbocycles. The number of hydrogen-bond acceptors (Lipinski definition) is 4. The van der Waals surface area contributed by atoms with E-state index in [-0.39, 0.29) is 18.4 Å². The molecule has 0 aromatic heterocycles. The summed E-state index contributed by atoms with van der Waals surface area (Å²) in [6.07, 6.45) is 2.02. The number of hydrogen-bond donors (Lipinski definition) is 1. The number of methoxy groups -OCH3 is 2. The lowest BCUT2D eigenvalue weighted by atomic mass is 10.3. The van der Waals surface area contributed by atoms with E-state index in [1.807, 2.05) is 12.1 Å². The zero-order valence-electron chi connectivity index (χ0n) is 13.4. The van der Waals surface area contributed by atoms with Gasteiger partial charge in [0.15, 0.2) is 0 Å². The highest BCUT2D eigenvalue weighted by Crippen LogP contribution is 2.23. The minimum Gasteiger partial charge on any atom is -0.495 e. The molecule has 1 aromatic rings. The van der Waals surface area contributed by atoms with E-state index in [4.69, 9.17) is 4.74 Å². The Balaban J connectivity index is 2.71. The van der Waals surface area contributed by atoms with Crippen molar-refractivity contribution in [3.63, 3.8) is 0 Å². The topological polar surface area (TPSA) is 67.9 Å². The Morgan fingerprint density at radius 3 is 2.55 bits per heavy atom. The third-order valence-electron chi connectivity index (χ3n) is 3.23. The highest BCUT2D eigenvalue weighted by Gasteiger charge is 2.16. The summed E-state index contributed by atoms with van der Waals surface area (Å²) in [6, 6.07) is 6.96. The van der Waals surface area contributed by atoms with E-state index >= 15 is 0 Å². The van der Waals surface area contributed by atoms with Gasteiger partial charge in [0.05, 0.1) is 26.3 Å². The maximum absolute atomic E-state index is 12.4. The van der Waals surface area contributed by atoms with Gasteiger partial charge in [-0.1, -0.05) is 25.5 Å². The zero-order valence-corrected chi connectivity index (χ0v) is 13.4. The minimum absolute atomic E-state index is 0.180. The molecule has 0 heterocycles. The number of nitrogens with zero attached hydrogens (tertiary/aromatic N) is 1. The molecule has 22 heavy (non-hydrogen) atoms. The number of amides is 2. The van der Waals surface area contributed by atoms with Crippen molar-refractivity contribution in [2.45, 2.75) is 26.2 Å². The zero-order chi connectivity index (χ0) is 16.4. The van der Waals surface area contributed by atoms with E-state index < -0.39 is 0 Å². The van der Waals surface area contributed by atoms with E-state index in [9.17, 15) is 9.59 Å². The first kappa shape index (κ1) is 17.8. The second-order valence-corrected chi connectivity index (χ2v) is 4.80. The van der Waals surface area contributed by atoms with Crippen LogP contribution in [0.25, 0.3) is 0 Å². The first-order chi connectivity index (χ1) is 10.6. The van der Waals surface area contributed by atoms with Gasteiger partial charge in [-0.3, -0.25) is 4.79 Å². The summed E-state index contributed by atoms with van der Waals surface area (Å²) in [7, 11) is 2.89. The molecule has 2 amide bonds. The van der Waals surface area contributed by atoms with E-state index in [2.05, 4.69) is 17.0 Å². The number of rotatable bonds is 8. The second kappa shape index (κ2) is 9.65. The molecule has 0 aliphatic rings. The van der Waals surface area contributed by atoms with Crippen LogP contribution in [0.15, 0.2) is 24.3 Å². The minimum atomic E-state index is -0.327. The summed E-state index contributed by atoms with van der Waals surface area (Å²) in [5.74, 6) is 0.269. The Bertz CT molecular complexity index is 491. The van der Waals surface area contributed by atoms with Gasteiger partial charge < -0.3 is 19.7 Å². The van der Waals surface area contributed by atoms with Gasteiger partial charge in [-0.15, -0.1) is 0 Å². The largest absolute Gasteiger partial charge is 0.495 e. The van der Waals surface area contributed by atoms with Gasteiger partial charge in [0, 0.05) is 13.1 Å². The number of para-hydroxylation sites is 2. The van der Waals surface area contributed by atoms with E-state index in [0.29, 0.717) is 24.5 Å². The van der Waals surface area contributed by atoms with Crippen LogP contribution in [0.3, 0.4) is 0 Å². The summed E-state index contributed by atoms with van der Waals surface area (Å²) < 4.78 is 9.84. The average Bonchev–Trinajstić information content (AvgIpc) is 2.54. The van der Waals surface area contributed by atoms with Crippen molar-refractivity contribution in [2.75, 3.05) is 32.6 Å². The van der Waals surface area contributed by atoms with Crippen LogP contribution >= 0.6 is 0 Å². The number of anilines is 1. The number of unbranched alkanes of at least 4 members (excludes halogenated alkanes) is 1. The lowest BCUT2D eigenvalue weighted by molar-refractivity contribution is -0.140. The highest BCUT2D eigenvalue weighted by molar-refractivity contribution is 5.91. The van der Waals surface area contributed by atoms with Gasteiger partial charge in [0.1, 0.15) is 5.75 Å². The Labute approximate surface area is 131 Å². The lowest BCUT2D eigenvalue weighted by Gasteiger charge is -2.23. The molecular formula is C16H24N2O4. The maximum Gasteiger partial charge on any atom is 0.321 e. The Morgan fingerprint density at radius 1 is 1.18 bits per heavy atom. The fourth-order valence-corrected chi connectivity index (χ4v) is 1.93. The van der Waals surface area contributed by atoms with E-state index in [0.717, 1.165) is 12.8 Å². The van der Waals surface area contributed by atoms with E-state index in [1.165, 1.54) is 7.11 Å². The third kappa shape index (κ3) is 5.63. The van der Waals surface area contributed by atoms with Gasteiger partial charge in [-0.2, -0.15) is 0 Å². The van der Waals surface area contributed by atoms with Gasteiger partial charge >= 0.3 is 12.0 Å². The van der Waals surface area contributed by atoms with Crippen molar-refractivity contribution >= 4 is 17.7 Å². The van der Waals surface area contributed by atoms with Crippen LogP contribution in [0.2, 0.25) is 0 Å². The fourth-order valence-electron chi connectivity index (χ4n) is 1.93. The van der Waals surface area contributed by atoms with Crippen LogP contribution in [0.1, 0.15) is 26.2 Å². The van der Waals surface area contributed by atoms with Gasteiger partial charge in [0.25, 0.3) is 0 Å². The van der Waals surface area contributed by atoms with Crippen LogP contribution < -0.4 is 10.1 Å². The molecule has 0 atom stereocenters. The summed E-state index contributed by atoms with van der Waals surface area (Å²) in [6.45, 7) is 2.97. The molecule has 0 bridgehead atoms. The molecule has 0 spiro atoms. The smallest absolute Gasteiger partial charge is 0.321 e. The van der Waals surface area contributed by atoms with Crippen LogP contribution in [-0.2, 0) is 9.53 Å². The standard InChI is InChI=1S/C16H24N2O4/c1-4-5-11-18(12-10-15(19)22-3)16(20)17-13-8-6-7-9-14(13)21-2/h6-9H,4-5,10-12H2,1-3H3,(H,17,20). The maximum atomic E-state index is 12.4. The first-order valence-electron chi connectivity index (χ1n) is 7.38. The van der Waals surface area contributed by atoms with Crippen molar-refractivity contribution in [1.29, 1.82) is 0 Å². The van der Waals surface area contributed by atoms with Gasteiger partial charge in [-0.05, 0) is 18.6 Å². The second-order valence-electron chi connectivity index (χ2n) is 4.80. The number of benzene rings is 1. The molecule has 0 saturated carbocycles. The molecule has 1 N–H and O–H groups in total. The van der Waals surface area contributed by atoms with E-state index in [1.54, 1.807) is 24.1 Å². The van der Waals surface area contributed by atoms with Crippen molar-refractivity contribution in [2.24, 2.45) is 0 Å². The van der Waals surface area contributed by atoms with Crippen molar-refractivity contribution < 1.29 is 19.1 Å². The molecule has 122 valence electrons. The normalized spacial score (nSPS) is 9.95. The lowest BCUT2D eigenvalue weighted by Crippen LogP contribution is -2.37. The molecule has 6 nitrogen and oxygen atoms in total. The Morgan fingerprint density at radius 2 is 1.91 bits per heavy atom. The number of carbonyl (C=O) groups is 2. The Hall–Kier alpha value is -2.24. The number of nitrogens with one attached hydrogen (secondary N) is 1. The molecular weight excluding hydrogens is 284 g/mol. The average molecular weight is 308 g/mol. The number of carbonyl (C=O) groups excluding carboxylic acids is 2. The van der Waals surface area contributed by atoms with Crippen LogP contribution in [0, 0.1) is 0 Å². The predicted molar refractivity (Wildman–Crippen MR) is 85.1 cm³/mol.